The highest BCUT2D eigenvalue weighted by Crippen LogP contribution is 2.26. The first-order chi connectivity index (χ1) is 10.8. The molecule has 1 aromatic rings. The van der Waals surface area contributed by atoms with Gasteiger partial charge in [0.05, 0.1) is 11.6 Å². The molecule has 22 heavy (non-hydrogen) atoms. The van der Waals surface area contributed by atoms with Gasteiger partial charge in [0.15, 0.2) is 0 Å². The zero-order valence-electron chi connectivity index (χ0n) is 13.5. The van der Waals surface area contributed by atoms with Crippen LogP contribution in [0.25, 0.3) is 0 Å². The molecule has 0 unspecified atom stereocenters. The van der Waals surface area contributed by atoms with Crippen molar-refractivity contribution in [1.82, 2.24) is 4.90 Å². The Morgan fingerprint density at radius 3 is 2.55 bits per heavy atom. The summed E-state index contributed by atoms with van der Waals surface area (Å²) in [4.78, 5) is 5.04. The Kier molecular flexibility index (Phi) is 5.34. The molecule has 0 N–H and O–H groups in total. The number of hydrogen-bond acceptors (Lipinski definition) is 3. The summed E-state index contributed by atoms with van der Waals surface area (Å²) in [6, 6.07) is 10.2. The lowest BCUT2D eigenvalue weighted by Crippen LogP contribution is -2.46. The molecule has 0 aromatic heterocycles. The van der Waals surface area contributed by atoms with Crippen LogP contribution in [-0.2, 0) is 0 Å². The second-order valence-corrected chi connectivity index (χ2v) is 6.78. The smallest absolute Gasteiger partial charge is 0.0992 e. The van der Waals surface area contributed by atoms with Crippen molar-refractivity contribution in [2.75, 3.05) is 37.6 Å². The predicted octanol–water partition coefficient (Wildman–Crippen LogP) is 3.65. The lowest BCUT2D eigenvalue weighted by molar-refractivity contribution is 0.221. The third-order valence-corrected chi connectivity index (χ3v) is 5.29. The highest BCUT2D eigenvalue weighted by molar-refractivity contribution is 5.51. The molecule has 1 saturated heterocycles. The maximum atomic E-state index is 9.02. The van der Waals surface area contributed by atoms with Crippen molar-refractivity contribution in [3.8, 4) is 6.07 Å². The van der Waals surface area contributed by atoms with Gasteiger partial charge in [0.2, 0.25) is 0 Å². The van der Waals surface area contributed by atoms with Gasteiger partial charge in [-0.2, -0.15) is 5.26 Å². The zero-order chi connectivity index (χ0) is 15.2. The molecule has 3 rings (SSSR count). The van der Waals surface area contributed by atoms with Crippen LogP contribution in [-0.4, -0.2) is 37.6 Å². The molecule has 0 atom stereocenters. The van der Waals surface area contributed by atoms with Gasteiger partial charge in [0, 0.05) is 31.9 Å². The van der Waals surface area contributed by atoms with Crippen molar-refractivity contribution in [2.24, 2.45) is 5.92 Å². The Labute approximate surface area is 134 Å². The van der Waals surface area contributed by atoms with Crippen LogP contribution in [0.4, 0.5) is 5.69 Å². The Hall–Kier alpha value is -1.53. The average molecular weight is 297 g/mol. The monoisotopic (exact) mass is 297 g/mol. The fraction of sp³-hybridized carbons (Fsp3) is 0.632. The second-order valence-electron chi connectivity index (χ2n) is 6.78. The second kappa shape index (κ2) is 7.65. The molecule has 0 amide bonds. The van der Waals surface area contributed by atoms with Gasteiger partial charge in [0.1, 0.15) is 0 Å². The van der Waals surface area contributed by atoms with E-state index in [-0.39, 0.29) is 0 Å². The van der Waals surface area contributed by atoms with E-state index in [2.05, 4.69) is 21.9 Å². The maximum Gasteiger partial charge on any atom is 0.0992 e. The normalized spacial score (nSPS) is 20.8. The van der Waals surface area contributed by atoms with E-state index in [1.165, 1.54) is 50.8 Å². The van der Waals surface area contributed by atoms with Crippen molar-refractivity contribution >= 4 is 5.69 Å². The van der Waals surface area contributed by atoms with Gasteiger partial charge >= 0.3 is 0 Å². The molecule has 1 aliphatic carbocycles. The summed E-state index contributed by atoms with van der Waals surface area (Å²) in [7, 11) is 0. The topological polar surface area (TPSA) is 30.3 Å². The molecule has 118 valence electrons. The van der Waals surface area contributed by atoms with Gasteiger partial charge < -0.3 is 4.90 Å². The Morgan fingerprint density at radius 1 is 1.05 bits per heavy atom. The molecule has 1 aliphatic heterocycles. The van der Waals surface area contributed by atoms with Crippen molar-refractivity contribution in [2.45, 2.75) is 38.5 Å². The summed E-state index contributed by atoms with van der Waals surface area (Å²) >= 11 is 0. The van der Waals surface area contributed by atoms with E-state index < -0.39 is 0 Å². The predicted molar refractivity (Wildman–Crippen MR) is 91.0 cm³/mol. The zero-order valence-corrected chi connectivity index (χ0v) is 13.5. The van der Waals surface area contributed by atoms with Crippen LogP contribution >= 0.6 is 0 Å². The molecular weight excluding hydrogens is 270 g/mol. The first-order valence-corrected chi connectivity index (χ1v) is 8.82. The summed E-state index contributed by atoms with van der Waals surface area (Å²) in [5, 5.41) is 9.02. The van der Waals surface area contributed by atoms with Crippen LogP contribution in [0.3, 0.4) is 0 Å². The molecule has 1 saturated carbocycles. The number of benzene rings is 1. The highest BCUT2D eigenvalue weighted by Gasteiger charge is 2.19. The molecule has 3 heteroatoms. The Bertz CT molecular complexity index is 506. The summed E-state index contributed by atoms with van der Waals surface area (Å²) in [6.07, 6.45) is 8.67. The number of nitriles is 1. The molecule has 2 aliphatic rings. The number of anilines is 1. The quantitative estimate of drug-likeness (QED) is 0.850. The van der Waals surface area contributed by atoms with Gasteiger partial charge in [-0.15, -0.1) is 0 Å². The minimum atomic E-state index is 0.761. The van der Waals surface area contributed by atoms with Gasteiger partial charge in [-0.05, 0) is 37.1 Å². The third kappa shape index (κ3) is 4.01. The molecular formula is C19H27N3. The highest BCUT2D eigenvalue weighted by atomic mass is 15.3. The maximum absolute atomic E-state index is 9.02. The molecule has 0 spiro atoms. The summed E-state index contributed by atoms with van der Waals surface area (Å²) < 4.78 is 0. The van der Waals surface area contributed by atoms with Crippen LogP contribution in [0.2, 0.25) is 0 Å². The van der Waals surface area contributed by atoms with Crippen molar-refractivity contribution < 1.29 is 0 Å². The molecule has 1 aromatic carbocycles. The minimum Gasteiger partial charge on any atom is -0.369 e. The number of hydrogen-bond donors (Lipinski definition) is 0. The molecule has 3 nitrogen and oxygen atoms in total. The Balaban J connectivity index is 1.44. The van der Waals surface area contributed by atoms with E-state index >= 15 is 0 Å². The Morgan fingerprint density at radius 2 is 1.82 bits per heavy atom. The van der Waals surface area contributed by atoms with Crippen LogP contribution in [0.1, 0.15) is 44.1 Å². The van der Waals surface area contributed by atoms with Crippen molar-refractivity contribution in [3.05, 3.63) is 29.8 Å². The van der Waals surface area contributed by atoms with E-state index in [0.717, 1.165) is 37.7 Å². The van der Waals surface area contributed by atoms with Gasteiger partial charge in [-0.25, -0.2) is 0 Å². The first-order valence-electron chi connectivity index (χ1n) is 8.82. The lowest BCUT2D eigenvalue weighted by atomic mass is 9.87. The van der Waals surface area contributed by atoms with Crippen molar-refractivity contribution in [1.29, 1.82) is 5.26 Å². The first kappa shape index (κ1) is 15.4. The summed E-state index contributed by atoms with van der Waals surface area (Å²) in [6.45, 7) is 5.75. The third-order valence-electron chi connectivity index (χ3n) is 5.29. The number of nitrogens with zero attached hydrogens (tertiary/aromatic N) is 3. The fourth-order valence-corrected chi connectivity index (χ4v) is 3.84. The van der Waals surface area contributed by atoms with E-state index in [0.29, 0.717) is 0 Å². The van der Waals surface area contributed by atoms with Crippen LogP contribution in [0.5, 0.6) is 0 Å². The fourth-order valence-electron chi connectivity index (χ4n) is 3.84. The standard InChI is InChI=1S/C19H27N3/c20-16-18-7-4-8-19(15-18)22-13-11-21(12-14-22)10-9-17-5-2-1-3-6-17/h4,7-8,15,17H,1-3,5-6,9-14H2. The summed E-state index contributed by atoms with van der Waals surface area (Å²) in [5.41, 5.74) is 1.96. The van der Waals surface area contributed by atoms with Gasteiger partial charge in [0.25, 0.3) is 0 Å². The van der Waals surface area contributed by atoms with Crippen LogP contribution < -0.4 is 4.90 Å². The molecule has 0 bridgehead atoms. The van der Waals surface area contributed by atoms with E-state index in [4.69, 9.17) is 5.26 Å². The largest absolute Gasteiger partial charge is 0.369 e. The minimum absolute atomic E-state index is 0.761. The average Bonchev–Trinajstić information content (AvgIpc) is 2.61. The van der Waals surface area contributed by atoms with Gasteiger partial charge in [-0.1, -0.05) is 38.2 Å². The van der Waals surface area contributed by atoms with E-state index in [1.807, 2.05) is 18.2 Å². The van der Waals surface area contributed by atoms with Crippen LogP contribution in [0, 0.1) is 17.2 Å². The van der Waals surface area contributed by atoms with Crippen molar-refractivity contribution in [3.63, 3.8) is 0 Å². The SMILES string of the molecule is N#Cc1cccc(N2CCN(CCC3CCCCC3)CC2)c1. The molecule has 1 heterocycles. The molecule has 2 fully saturated rings. The van der Waals surface area contributed by atoms with Gasteiger partial charge in [-0.3, -0.25) is 4.90 Å². The van der Waals surface area contributed by atoms with E-state index in [1.54, 1.807) is 0 Å². The number of rotatable bonds is 4. The van der Waals surface area contributed by atoms with Crippen LogP contribution in [0.15, 0.2) is 24.3 Å². The molecule has 0 radical (unpaired) electrons. The van der Waals surface area contributed by atoms with E-state index in [9.17, 15) is 0 Å². The summed E-state index contributed by atoms with van der Waals surface area (Å²) in [5.74, 6) is 0.985. The number of piperazine rings is 1. The lowest BCUT2D eigenvalue weighted by Gasteiger charge is -2.37.